The van der Waals surface area contributed by atoms with Crippen LogP contribution in [0.1, 0.15) is 22.8 Å². The summed E-state index contributed by atoms with van der Waals surface area (Å²) in [4.78, 5) is 26.7. The van der Waals surface area contributed by atoms with Crippen molar-refractivity contribution in [2.45, 2.75) is 27.2 Å². The third kappa shape index (κ3) is 3.07. The van der Waals surface area contributed by atoms with Crippen LogP contribution in [0.5, 0.6) is 0 Å². The third-order valence-electron chi connectivity index (χ3n) is 5.07. The van der Waals surface area contributed by atoms with Gasteiger partial charge in [-0.1, -0.05) is 5.16 Å². The summed E-state index contributed by atoms with van der Waals surface area (Å²) in [5.41, 5.74) is 12.2. The molecule has 0 radical (unpaired) electrons. The number of halogens is 1. The van der Waals surface area contributed by atoms with Crippen molar-refractivity contribution in [2.24, 2.45) is 12.8 Å². The fourth-order valence-electron chi connectivity index (χ4n) is 3.78. The van der Waals surface area contributed by atoms with Gasteiger partial charge in [-0.25, -0.2) is 7.58 Å². The topological polar surface area (TPSA) is 125 Å². The van der Waals surface area contributed by atoms with Gasteiger partial charge >= 0.3 is 5.69 Å². The Bertz CT molecular complexity index is 1340. The second-order valence-electron chi connectivity index (χ2n) is 7.00. The Balaban J connectivity index is 2.09. The molecule has 29 heavy (non-hydrogen) atoms. The maximum atomic E-state index is 12.4. The van der Waals surface area contributed by atoms with E-state index in [2.05, 4.69) is 15.2 Å². The molecule has 9 nitrogen and oxygen atoms in total. The summed E-state index contributed by atoms with van der Waals surface area (Å²) in [6, 6.07) is 3.84. The number of nitrogens with zero attached hydrogens (tertiary/aromatic N) is 4. The van der Waals surface area contributed by atoms with Crippen LogP contribution in [-0.4, -0.2) is 28.6 Å². The van der Waals surface area contributed by atoms with Gasteiger partial charge in [-0.2, -0.15) is 5.10 Å². The number of nitrogens with one attached hydrogen (secondary N) is 1. The second kappa shape index (κ2) is 6.87. The van der Waals surface area contributed by atoms with E-state index in [1.807, 2.05) is 60.6 Å². The number of carbonyl (C=O) groups is 1. The van der Waals surface area contributed by atoms with Gasteiger partial charge in [-0.3, -0.25) is 9.48 Å². The first kappa shape index (κ1) is 19.4. The summed E-state index contributed by atoms with van der Waals surface area (Å²) in [7, 11) is 1.89. The molecule has 0 fully saturated rings. The van der Waals surface area contributed by atoms with E-state index in [1.54, 1.807) is 9.70 Å². The average molecular weight is 506 g/mol. The molecular formula is C19H19IN6O3. The standard InChI is InChI=1S/C19H19IN6O3/c1-8-16(9(2)25(4)23-8)12-5-11(6-14-18(12)26(20)19(28)22-14)17-10(3)29-24-13(17)7-15(21)27/h5-6H,7H2,1-4H3,(H2,21,27)(H,22,28). The Morgan fingerprint density at radius 2 is 2.00 bits per heavy atom. The van der Waals surface area contributed by atoms with E-state index in [1.165, 1.54) is 0 Å². The van der Waals surface area contributed by atoms with Gasteiger partial charge in [0.25, 0.3) is 0 Å². The summed E-state index contributed by atoms with van der Waals surface area (Å²) >= 11 is 1.99. The minimum Gasteiger partial charge on any atom is -0.369 e. The van der Waals surface area contributed by atoms with Crippen molar-refractivity contribution in [3.8, 4) is 22.3 Å². The molecule has 0 saturated carbocycles. The van der Waals surface area contributed by atoms with Crippen LogP contribution in [0.3, 0.4) is 0 Å². The van der Waals surface area contributed by atoms with Gasteiger partial charge in [-0.05, 0) is 38.5 Å². The monoisotopic (exact) mass is 506 g/mol. The number of aromatic amines is 1. The first-order valence-electron chi connectivity index (χ1n) is 8.88. The van der Waals surface area contributed by atoms with Crippen molar-refractivity contribution in [1.82, 2.24) is 22.7 Å². The van der Waals surface area contributed by atoms with Gasteiger partial charge < -0.3 is 15.2 Å². The van der Waals surface area contributed by atoms with Gasteiger partial charge in [-0.15, -0.1) is 0 Å². The number of carbonyl (C=O) groups excluding carboxylic acids is 1. The number of benzene rings is 1. The van der Waals surface area contributed by atoms with E-state index >= 15 is 0 Å². The molecule has 0 aliphatic rings. The highest BCUT2D eigenvalue weighted by Crippen LogP contribution is 2.38. The van der Waals surface area contributed by atoms with Gasteiger partial charge in [0.05, 0.1) is 46.0 Å². The molecule has 0 bridgehead atoms. The zero-order valence-electron chi connectivity index (χ0n) is 16.3. The lowest BCUT2D eigenvalue weighted by Crippen LogP contribution is -2.14. The van der Waals surface area contributed by atoms with Crippen LogP contribution in [0, 0.1) is 20.8 Å². The number of hydrogen-bond acceptors (Lipinski definition) is 5. The summed E-state index contributed by atoms with van der Waals surface area (Å²) in [6.07, 6.45) is -0.0329. The SMILES string of the molecule is Cc1nn(C)c(C)c1-c1cc(-c2c(CC(N)=O)noc2C)cc2[nH]c(=O)n(I)c12. The minimum absolute atomic E-state index is 0.0329. The summed E-state index contributed by atoms with van der Waals surface area (Å²) in [6.45, 7) is 5.70. The van der Waals surface area contributed by atoms with Crippen molar-refractivity contribution in [3.05, 3.63) is 45.5 Å². The zero-order valence-corrected chi connectivity index (χ0v) is 18.5. The van der Waals surface area contributed by atoms with Crippen LogP contribution in [-0.2, 0) is 18.3 Å². The van der Waals surface area contributed by atoms with E-state index in [0.717, 1.165) is 33.6 Å². The highest BCUT2D eigenvalue weighted by Gasteiger charge is 2.23. The van der Waals surface area contributed by atoms with Gasteiger partial charge in [0.2, 0.25) is 5.91 Å². The van der Waals surface area contributed by atoms with Gasteiger partial charge in [0.1, 0.15) is 11.5 Å². The van der Waals surface area contributed by atoms with Crippen LogP contribution < -0.4 is 11.4 Å². The number of aryl methyl sites for hydroxylation is 3. The highest BCUT2D eigenvalue weighted by molar-refractivity contribution is 14.1. The van der Waals surface area contributed by atoms with E-state index in [9.17, 15) is 9.59 Å². The van der Waals surface area contributed by atoms with Crippen molar-refractivity contribution >= 4 is 39.8 Å². The van der Waals surface area contributed by atoms with E-state index in [4.69, 9.17) is 10.3 Å². The Hall–Kier alpha value is -2.89. The Morgan fingerprint density at radius 3 is 2.62 bits per heavy atom. The van der Waals surface area contributed by atoms with Crippen LogP contribution in [0.2, 0.25) is 0 Å². The lowest BCUT2D eigenvalue weighted by molar-refractivity contribution is -0.117. The molecule has 4 aromatic rings. The molecule has 3 heterocycles. The maximum Gasteiger partial charge on any atom is 0.335 e. The van der Waals surface area contributed by atoms with E-state index in [0.29, 0.717) is 22.5 Å². The first-order valence-corrected chi connectivity index (χ1v) is 9.84. The molecule has 0 unspecified atom stereocenters. The number of primary amides is 1. The number of amides is 1. The highest BCUT2D eigenvalue weighted by atomic mass is 127. The largest absolute Gasteiger partial charge is 0.369 e. The van der Waals surface area contributed by atoms with Crippen LogP contribution >= 0.6 is 22.9 Å². The molecule has 0 saturated heterocycles. The van der Waals surface area contributed by atoms with Crippen molar-refractivity contribution in [3.63, 3.8) is 0 Å². The normalized spacial score (nSPS) is 11.5. The number of nitrogens with two attached hydrogens (primary N) is 1. The lowest BCUT2D eigenvalue weighted by Gasteiger charge is -2.10. The molecule has 3 aromatic heterocycles. The van der Waals surface area contributed by atoms with Crippen molar-refractivity contribution in [2.75, 3.05) is 0 Å². The fourth-order valence-corrected chi connectivity index (χ4v) is 4.42. The Morgan fingerprint density at radius 1 is 1.28 bits per heavy atom. The molecule has 4 rings (SSSR count). The number of fused-ring (bicyclic) bond motifs is 1. The lowest BCUT2D eigenvalue weighted by atomic mass is 9.95. The number of hydrogen-bond donors (Lipinski definition) is 2. The molecule has 0 aliphatic carbocycles. The average Bonchev–Trinajstić information content (AvgIpc) is 3.22. The molecule has 10 heteroatoms. The van der Waals surface area contributed by atoms with E-state index in [-0.39, 0.29) is 12.1 Å². The Kier molecular flexibility index (Phi) is 4.60. The molecule has 0 aliphatic heterocycles. The molecule has 0 atom stereocenters. The van der Waals surface area contributed by atoms with Crippen LogP contribution in [0.25, 0.3) is 33.3 Å². The number of rotatable bonds is 4. The summed E-state index contributed by atoms with van der Waals surface area (Å²) < 4.78 is 8.71. The number of H-pyrrole nitrogens is 1. The predicted molar refractivity (Wildman–Crippen MR) is 117 cm³/mol. The number of imidazole rings is 1. The van der Waals surface area contributed by atoms with Crippen molar-refractivity contribution in [1.29, 1.82) is 0 Å². The zero-order chi connectivity index (χ0) is 21.0. The minimum atomic E-state index is -0.494. The maximum absolute atomic E-state index is 12.4. The molecular weight excluding hydrogens is 487 g/mol. The summed E-state index contributed by atoms with van der Waals surface area (Å²) in [5, 5.41) is 8.53. The molecule has 1 aromatic carbocycles. The number of aromatic nitrogens is 5. The van der Waals surface area contributed by atoms with Crippen LogP contribution in [0.4, 0.5) is 0 Å². The van der Waals surface area contributed by atoms with Gasteiger partial charge in [0, 0.05) is 29.4 Å². The van der Waals surface area contributed by atoms with E-state index < -0.39 is 5.91 Å². The third-order valence-corrected chi connectivity index (χ3v) is 5.99. The van der Waals surface area contributed by atoms with Crippen molar-refractivity contribution < 1.29 is 9.32 Å². The smallest absolute Gasteiger partial charge is 0.335 e. The van der Waals surface area contributed by atoms with Crippen LogP contribution in [0.15, 0.2) is 21.5 Å². The Labute approximate surface area is 179 Å². The fraction of sp³-hybridized carbons (Fsp3) is 0.263. The van der Waals surface area contributed by atoms with Gasteiger partial charge in [0.15, 0.2) is 0 Å². The summed E-state index contributed by atoms with van der Waals surface area (Å²) in [5.74, 6) is 0.0778. The predicted octanol–water partition coefficient (Wildman–Crippen LogP) is 2.54. The molecule has 1 amide bonds. The quantitative estimate of drug-likeness (QED) is 0.412. The second-order valence-corrected chi connectivity index (χ2v) is 7.97. The first-order chi connectivity index (χ1) is 13.7. The molecule has 0 spiro atoms. The molecule has 150 valence electrons. The molecule has 3 N–H and O–H groups in total.